The SMILES string of the molecule is CN1C(=O)COc2ccccc2CCCCO[C@@H]2CN(Cc3ncccc3F)C[C@H]21. The number of pyridine rings is 1. The van der Waals surface area contributed by atoms with E-state index in [0.717, 1.165) is 30.6 Å². The first-order valence-electron chi connectivity index (χ1n) is 10.5. The summed E-state index contributed by atoms with van der Waals surface area (Å²) in [5, 5.41) is 0. The number of carbonyl (C=O) groups is 1. The van der Waals surface area contributed by atoms with Crippen LogP contribution in [0.1, 0.15) is 24.1 Å². The monoisotopic (exact) mass is 413 g/mol. The van der Waals surface area contributed by atoms with Crippen LogP contribution in [0.2, 0.25) is 0 Å². The molecule has 0 unspecified atom stereocenters. The largest absolute Gasteiger partial charge is 0.483 e. The van der Waals surface area contributed by atoms with Gasteiger partial charge in [-0.25, -0.2) is 4.39 Å². The Hall–Kier alpha value is -2.51. The second-order valence-electron chi connectivity index (χ2n) is 7.96. The van der Waals surface area contributed by atoms with Crippen molar-refractivity contribution in [2.24, 2.45) is 0 Å². The predicted octanol–water partition coefficient (Wildman–Crippen LogP) is 2.66. The molecule has 160 valence electrons. The summed E-state index contributed by atoms with van der Waals surface area (Å²) in [6.07, 6.45) is 4.30. The molecule has 2 aliphatic heterocycles. The quantitative estimate of drug-likeness (QED) is 0.758. The van der Waals surface area contributed by atoms with Crippen molar-refractivity contribution in [3.63, 3.8) is 0 Å². The van der Waals surface area contributed by atoms with Gasteiger partial charge in [0.05, 0.1) is 17.8 Å². The van der Waals surface area contributed by atoms with Crippen molar-refractivity contribution in [1.29, 1.82) is 0 Å². The second-order valence-corrected chi connectivity index (χ2v) is 7.96. The molecule has 0 bridgehead atoms. The molecule has 0 radical (unpaired) electrons. The van der Waals surface area contributed by atoms with E-state index in [0.29, 0.717) is 31.9 Å². The highest BCUT2D eigenvalue weighted by Crippen LogP contribution is 2.24. The van der Waals surface area contributed by atoms with Crippen LogP contribution in [0.25, 0.3) is 0 Å². The lowest BCUT2D eigenvalue weighted by Gasteiger charge is -2.29. The van der Waals surface area contributed by atoms with Gasteiger partial charge >= 0.3 is 0 Å². The molecule has 0 saturated carbocycles. The molecule has 0 aliphatic carbocycles. The Morgan fingerprint density at radius 1 is 1.17 bits per heavy atom. The number of amides is 1. The minimum Gasteiger partial charge on any atom is -0.483 e. The van der Waals surface area contributed by atoms with Crippen molar-refractivity contribution < 1.29 is 18.7 Å². The number of hydrogen-bond acceptors (Lipinski definition) is 5. The van der Waals surface area contributed by atoms with E-state index in [1.54, 1.807) is 24.2 Å². The van der Waals surface area contributed by atoms with Crippen LogP contribution in [0.15, 0.2) is 42.6 Å². The molecule has 0 spiro atoms. The zero-order valence-electron chi connectivity index (χ0n) is 17.3. The zero-order valence-corrected chi connectivity index (χ0v) is 17.3. The van der Waals surface area contributed by atoms with E-state index in [1.807, 2.05) is 24.3 Å². The number of rotatable bonds is 2. The molecule has 0 N–H and O–H groups in total. The summed E-state index contributed by atoms with van der Waals surface area (Å²) < 4.78 is 26.1. The summed E-state index contributed by atoms with van der Waals surface area (Å²) in [6.45, 7) is 2.28. The minimum absolute atomic E-state index is 0.00833. The number of nitrogens with zero attached hydrogens (tertiary/aromatic N) is 3. The fourth-order valence-electron chi connectivity index (χ4n) is 4.17. The number of benzene rings is 1. The van der Waals surface area contributed by atoms with Crippen molar-refractivity contribution in [2.75, 3.05) is 33.4 Å². The van der Waals surface area contributed by atoms with Crippen LogP contribution < -0.4 is 4.74 Å². The number of halogens is 1. The number of hydrogen-bond donors (Lipinski definition) is 0. The fourth-order valence-corrected chi connectivity index (χ4v) is 4.17. The van der Waals surface area contributed by atoms with Gasteiger partial charge in [0.2, 0.25) is 0 Å². The van der Waals surface area contributed by atoms with Gasteiger partial charge in [-0.05, 0) is 43.0 Å². The molecule has 30 heavy (non-hydrogen) atoms. The highest BCUT2D eigenvalue weighted by molar-refractivity contribution is 5.78. The molecule has 1 aromatic heterocycles. The lowest BCUT2D eigenvalue weighted by atomic mass is 10.1. The number of carbonyl (C=O) groups excluding carboxylic acids is 1. The molecular formula is C23H28FN3O3. The Bertz CT molecular complexity index is 878. The third kappa shape index (κ3) is 4.79. The van der Waals surface area contributed by atoms with Gasteiger partial charge < -0.3 is 14.4 Å². The molecule has 7 heteroatoms. The van der Waals surface area contributed by atoms with E-state index in [2.05, 4.69) is 9.88 Å². The Morgan fingerprint density at radius 3 is 2.90 bits per heavy atom. The summed E-state index contributed by atoms with van der Waals surface area (Å²) in [5.74, 6) is 0.375. The van der Waals surface area contributed by atoms with Gasteiger partial charge in [-0.2, -0.15) is 0 Å². The maximum Gasteiger partial charge on any atom is 0.260 e. The predicted molar refractivity (Wildman–Crippen MR) is 111 cm³/mol. The van der Waals surface area contributed by atoms with Crippen LogP contribution in [-0.4, -0.2) is 66.2 Å². The van der Waals surface area contributed by atoms with Crippen LogP contribution in [-0.2, 0) is 22.5 Å². The van der Waals surface area contributed by atoms with Crippen LogP contribution >= 0.6 is 0 Å². The number of aromatic nitrogens is 1. The first-order valence-corrected chi connectivity index (χ1v) is 10.5. The Labute approximate surface area is 176 Å². The molecule has 1 aromatic carbocycles. The smallest absolute Gasteiger partial charge is 0.260 e. The van der Waals surface area contributed by atoms with Gasteiger partial charge in [0.1, 0.15) is 11.6 Å². The van der Waals surface area contributed by atoms with Crippen molar-refractivity contribution in [1.82, 2.24) is 14.8 Å². The lowest BCUT2D eigenvalue weighted by Crippen LogP contribution is -2.47. The highest BCUT2D eigenvalue weighted by Gasteiger charge is 2.38. The molecular weight excluding hydrogens is 385 g/mol. The third-order valence-corrected chi connectivity index (χ3v) is 5.91. The number of ether oxygens (including phenoxy) is 2. The van der Waals surface area contributed by atoms with Crippen LogP contribution in [0.4, 0.5) is 4.39 Å². The lowest BCUT2D eigenvalue weighted by molar-refractivity contribution is -0.136. The average molecular weight is 413 g/mol. The molecule has 4 rings (SSSR count). The number of para-hydroxylation sites is 1. The summed E-state index contributed by atoms with van der Waals surface area (Å²) in [5.41, 5.74) is 1.54. The van der Waals surface area contributed by atoms with Gasteiger partial charge in [0.25, 0.3) is 5.91 Å². The number of likely N-dealkylation sites (N-methyl/N-ethyl adjacent to an activating group) is 1. The molecule has 2 aromatic rings. The van der Waals surface area contributed by atoms with Gasteiger partial charge in [-0.3, -0.25) is 14.7 Å². The maximum absolute atomic E-state index is 14.0. The highest BCUT2D eigenvalue weighted by atomic mass is 19.1. The molecule has 1 fully saturated rings. The molecule has 3 heterocycles. The normalized spacial score (nSPS) is 23.5. The van der Waals surface area contributed by atoms with Crippen molar-refractivity contribution in [2.45, 2.75) is 38.0 Å². The second kappa shape index (κ2) is 9.53. The van der Waals surface area contributed by atoms with Gasteiger partial charge in [-0.15, -0.1) is 0 Å². The zero-order chi connectivity index (χ0) is 20.9. The van der Waals surface area contributed by atoms with E-state index in [-0.39, 0.29) is 30.5 Å². The van der Waals surface area contributed by atoms with Gasteiger partial charge in [0, 0.05) is 39.5 Å². The summed E-state index contributed by atoms with van der Waals surface area (Å²) >= 11 is 0. The summed E-state index contributed by atoms with van der Waals surface area (Å²) in [4.78, 5) is 20.8. The fraction of sp³-hybridized carbons (Fsp3) is 0.478. The van der Waals surface area contributed by atoms with E-state index < -0.39 is 0 Å². The van der Waals surface area contributed by atoms with Crippen LogP contribution in [0.3, 0.4) is 0 Å². The molecule has 6 nitrogen and oxygen atoms in total. The van der Waals surface area contributed by atoms with Crippen LogP contribution in [0, 0.1) is 5.82 Å². The van der Waals surface area contributed by atoms with Crippen LogP contribution in [0.5, 0.6) is 5.75 Å². The van der Waals surface area contributed by atoms with E-state index >= 15 is 0 Å². The van der Waals surface area contributed by atoms with Gasteiger partial charge in [0.15, 0.2) is 6.61 Å². The average Bonchev–Trinajstić information content (AvgIpc) is 3.15. The first kappa shape index (κ1) is 20.8. The van der Waals surface area contributed by atoms with Crippen molar-refractivity contribution in [3.05, 3.63) is 59.7 Å². The number of fused-ring (bicyclic) bond motifs is 2. The Kier molecular flexibility index (Phi) is 6.59. The number of aryl methyl sites for hydroxylation is 1. The summed E-state index contributed by atoms with van der Waals surface area (Å²) in [6, 6.07) is 10.8. The molecule has 2 atom stereocenters. The van der Waals surface area contributed by atoms with E-state index in [9.17, 15) is 9.18 Å². The van der Waals surface area contributed by atoms with E-state index in [4.69, 9.17) is 9.47 Å². The summed E-state index contributed by atoms with van der Waals surface area (Å²) in [7, 11) is 1.79. The third-order valence-electron chi connectivity index (χ3n) is 5.91. The maximum atomic E-state index is 14.0. The van der Waals surface area contributed by atoms with Gasteiger partial charge in [-0.1, -0.05) is 18.2 Å². The topological polar surface area (TPSA) is 54.9 Å². The minimum atomic E-state index is -0.308. The molecule has 1 amide bonds. The molecule has 1 saturated heterocycles. The number of likely N-dealkylation sites (tertiary alicyclic amines) is 1. The van der Waals surface area contributed by atoms with E-state index in [1.165, 1.54) is 6.07 Å². The first-order chi connectivity index (χ1) is 14.6. The molecule has 2 aliphatic rings. The Balaban J connectivity index is 1.47. The van der Waals surface area contributed by atoms with Crippen molar-refractivity contribution >= 4 is 5.91 Å². The Morgan fingerprint density at radius 2 is 2.03 bits per heavy atom. The van der Waals surface area contributed by atoms with Crippen molar-refractivity contribution in [3.8, 4) is 5.75 Å². The standard InChI is InChI=1S/C23H28FN3O3/c1-26-20-14-27(13-19-18(24)9-6-11-25-19)15-22(20)29-12-5-4-8-17-7-2-3-10-21(17)30-16-23(26)28/h2-3,6-7,9-11,20,22H,4-5,8,12-16H2,1H3/t20-,22-/m1/s1.